The Balaban J connectivity index is 2.85. The van der Waals surface area contributed by atoms with Crippen molar-refractivity contribution in [3.8, 4) is 6.07 Å². The zero-order valence-corrected chi connectivity index (χ0v) is 9.15. The highest BCUT2D eigenvalue weighted by Gasteiger charge is 2.34. The highest BCUT2D eigenvalue weighted by molar-refractivity contribution is 9.10. The van der Waals surface area contributed by atoms with Crippen molar-refractivity contribution in [3.05, 3.63) is 28.0 Å². The Bertz CT molecular complexity index is 594. The van der Waals surface area contributed by atoms with Gasteiger partial charge in [-0.3, -0.25) is 0 Å². The molecule has 82 valence electrons. The van der Waals surface area contributed by atoms with Crippen LogP contribution < -0.4 is 0 Å². The van der Waals surface area contributed by atoms with E-state index in [1.54, 1.807) is 6.07 Å². The highest BCUT2D eigenvalue weighted by atomic mass is 79.9. The predicted molar refractivity (Wildman–Crippen MR) is 53.5 cm³/mol. The second kappa shape index (κ2) is 3.49. The first kappa shape index (κ1) is 11.0. The van der Waals surface area contributed by atoms with Gasteiger partial charge >= 0.3 is 6.18 Å². The van der Waals surface area contributed by atoms with Gasteiger partial charge in [0.1, 0.15) is 5.52 Å². The summed E-state index contributed by atoms with van der Waals surface area (Å²) < 4.78 is 38.2. The number of nitriles is 1. The second-order valence-electron chi connectivity index (χ2n) is 3.06. The van der Waals surface area contributed by atoms with Crippen LogP contribution in [0.15, 0.2) is 16.9 Å². The number of alkyl halides is 3. The molecule has 2 rings (SSSR count). The van der Waals surface area contributed by atoms with Gasteiger partial charge in [-0.1, -0.05) is 0 Å². The number of aromatic amines is 1. The van der Waals surface area contributed by atoms with Crippen LogP contribution in [0.3, 0.4) is 0 Å². The SMILES string of the molecule is N#Cc1cc(C(F)(F)F)c2nc(Br)[nH]c2c1. The number of fused-ring (bicyclic) bond motifs is 1. The summed E-state index contributed by atoms with van der Waals surface area (Å²) in [5.41, 5.74) is -0.990. The normalized spacial score (nSPS) is 11.7. The van der Waals surface area contributed by atoms with Crippen LogP contribution in [0.2, 0.25) is 0 Å². The molecule has 1 heterocycles. The molecule has 0 aliphatic heterocycles. The summed E-state index contributed by atoms with van der Waals surface area (Å²) in [6.45, 7) is 0. The molecule has 3 nitrogen and oxygen atoms in total. The number of imidazole rings is 1. The summed E-state index contributed by atoms with van der Waals surface area (Å²) in [5, 5.41) is 8.63. The topological polar surface area (TPSA) is 52.5 Å². The largest absolute Gasteiger partial charge is 0.418 e. The van der Waals surface area contributed by atoms with Gasteiger partial charge in [-0.2, -0.15) is 18.4 Å². The Morgan fingerprint density at radius 2 is 2.06 bits per heavy atom. The summed E-state index contributed by atoms with van der Waals surface area (Å²) in [6.07, 6.45) is -4.53. The van der Waals surface area contributed by atoms with Crippen molar-refractivity contribution in [1.29, 1.82) is 5.26 Å². The molecule has 1 aromatic heterocycles. The Morgan fingerprint density at radius 1 is 1.38 bits per heavy atom. The number of H-pyrrole nitrogens is 1. The molecule has 0 aliphatic rings. The lowest BCUT2D eigenvalue weighted by Gasteiger charge is -2.07. The standard InChI is InChI=1S/C9H3BrF3N3/c10-8-15-6-2-4(3-14)1-5(7(6)16-8)9(11,12)13/h1-2H,(H,15,16). The first-order valence-corrected chi connectivity index (χ1v) is 4.87. The monoisotopic (exact) mass is 289 g/mol. The number of benzene rings is 1. The Kier molecular flexibility index (Phi) is 2.39. The van der Waals surface area contributed by atoms with E-state index in [1.807, 2.05) is 0 Å². The molecule has 0 atom stereocenters. The number of nitrogens with one attached hydrogen (secondary N) is 1. The van der Waals surface area contributed by atoms with E-state index in [9.17, 15) is 13.2 Å². The van der Waals surface area contributed by atoms with Crippen LogP contribution in [0.1, 0.15) is 11.1 Å². The van der Waals surface area contributed by atoms with Gasteiger partial charge in [0.2, 0.25) is 0 Å². The second-order valence-corrected chi connectivity index (χ2v) is 3.81. The quantitative estimate of drug-likeness (QED) is 0.810. The van der Waals surface area contributed by atoms with Gasteiger partial charge in [-0.05, 0) is 28.1 Å². The summed E-state index contributed by atoms with van der Waals surface area (Å²) in [6, 6.07) is 3.79. The molecule has 7 heteroatoms. The highest BCUT2D eigenvalue weighted by Crippen LogP contribution is 2.35. The van der Waals surface area contributed by atoms with Gasteiger partial charge < -0.3 is 4.98 Å². The summed E-state index contributed by atoms with van der Waals surface area (Å²) in [5.74, 6) is 0. The molecule has 0 fully saturated rings. The fourth-order valence-corrected chi connectivity index (χ4v) is 1.76. The molecule has 0 amide bonds. The maximum absolute atomic E-state index is 12.7. The van der Waals surface area contributed by atoms with E-state index in [4.69, 9.17) is 5.26 Å². The summed E-state index contributed by atoms with van der Waals surface area (Å²) in [7, 11) is 0. The molecule has 2 aromatic rings. The minimum absolute atomic E-state index is 0.0593. The zero-order valence-electron chi connectivity index (χ0n) is 7.56. The Morgan fingerprint density at radius 3 is 2.62 bits per heavy atom. The maximum atomic E-state index is 12.7. The number of hydrogen-bond acceptors (Lipinski definition) is 2. The van der Waals surface area contributed by atoms with Crippen LogP contribution in [-0.2, 0) is 6.18 Å². The first-order chi connectivity index (χ1) is 7.41. The molecule has 0 saturated heterocycles. The number of halogens is 4. The molecule has 0 aliphatic carbocycles. The molecular formula is C9H3BrF3N3. The molecule has 0 unspecified atom stereocenters. The smallest absolute Gasteiger partial charge is 0.332 e. The molecule has 0 saturated carbocycles. The van der Waals surface area contributed by atoms with Crippen LogP contribution in [0.4, 0.5) is 13.2 Å². The lowest BCUT2D eigenvalue weighted by atomic mass is 10.1. The predicted octanol–water partition coefficient (Wildman–Crippen LogP) is 3.22. The Hall–Kier alpha value is -1.55. The third-order valence-electron chi connectivity index (χ3n) is 1.99. The van der Waals surface area contributed by atoms with Gasteiger partial charge in [0.05, 0.1) is 22.7 Å². The fraction of sp³-hybridized carbons (Fsp3) is 0.111. The first-order valence-electron chi connectivity index (χ1n) is 4.08. The van der Waals surface area contributed by atoms with Crippen molar-refractivity contribution in [2.45, 2.75) is 6.18 Å². The van der Waals surface area contributed by atoms with Crippen molar-refractivity contribution in [3.63, 3.8) is 0 Å². The number of aromatic nitrogens is 2. The van der Waals surface area contributed by atoms with Crippen molar-refractivity contribution < 1.29 is 13.2 Å². The average Bonchev–Trinajstić information content (AvgIpc) is 2.54. The van der Waals surface area contributed by atoms with E-state index in [-0.39, 0.29) is 21.3 Å². The number of nitrogens with zero attached hydrogens (tertiary/aromatic N) is 2. The number of hydrogen-bond donors (Lipinski definition) is 1. The van der Waals surface area contributed by atoms with Crippen molar-refractivity contribution in [2.75, 3.05) is 0 Å². The molecular weight excluding hydrogens is 287 g/mol. The van der Waals surface area contributed by atoms with E-state index in [2.05, 4.69) is 25.9 Å². The molecule has 0 radical (unpaired) electrons. The summed E-state index contributed by atoms with van der Waals surface area (Å²) in [4.78, 5) is 6.29. The zero-order chi connectivity index (χ0) is 11.9. The van der Waals surface area contributed by atoms with E-state index in [0.29, 0.717) is 0 Å². The third kappa shape index (κ3) is 1.76. The van der Waals surface area contributed by atoms with Gasteiger partial charge in [0, 0.05) is 0 Å². The van der Waals surface area contributed by atoms with Crippen LogP contribution in [0, 0.1) is 11.3 Å². The van der Waals surface area contributed by atoms with Crippen LogP contribution >= 0.6 is 15.9 Å². The molecule has 1 aromatic carbocycles. The van der Waals surface area contributed by atoms with Crippen LogP contribution in [0.25, 0.3) is 11.0 Å². The minimum atomic E-state index is -4.53. The lowest BCUT2D eigenvalue weighted by molar-refractivity contribution is -0.136. The molecule has 1 N–H and O–H groups in total. The van der Waals surface area contributed by atoms with Crippen LogP contribution in [0.5, 0.6) is 0 Å². The van der Waals surface area contributed by atoms with Gasteiger partial charge in [0.15, 0.2) is 4.73 Å². The Labute approximate surface area is 96.0 Å². The van der Waals surface area contributed by atoms with Gasteiger partial charge in [-0.25, -0.2) is 4.98 Å². The molecule has 0 spiro atoms. The van der Waals surface area contributed by atoms with E-state index in [1.165, 1.54) is 6.07 Å². The minimum Gasteiger partial charge on any atom is -0.332 e. The van der Waals surface area contributed by atoms with Crippen molar-refractivity contribution >= 4 is 27.0 Å². The van der Waals surface area contributed by atoms with Crippen molar-refractivity contribution in [1.82, 2.24) is 9.97 Å². The van der Waals surface area contributed by atoms with Gasteiger partial charge in [-0.15, -0.1) is 0 Å². The van der Waals surface area contributed by atoms with E-state index in [0.717, 1.165) is 6.07 Å². The van der Waals surface area contributed by atoms with E-state index < -0.39 is 11.7 Å². The lowest BCUT2D eigenvalue weighted by Crippen LogP contribution is -2.06. The average molecular weight is 290 g/mol. The van der Waals surface area contributed by atoms with Gasteiger partial charge in [0.25, 0.3) is 0 Å². The molecule has 16 heavy (non-hydrogen) atoms. The van der Waals surface area contributed by atoms with E-state index >= 15 is 0 Å². The van der Waals surface area contributed by atoms with Crippen LogP contribution in [-0.4, -0.2) is 9.97 Å². The third-order valence-corrected chi connectivity index (χ3v) is 2.37. The number of rotatable bonds is 0. The molecule has 0 bridgehead atoms. The maximum Gasteiger partial charge on any atom is 0.418 e. The fourth-order valence-electron chi connectivity index (χ4n) is 1.37. The van der Waals surface area contributed by atoms with Crippen molar-refractivity contribution in [2.24, 2.45) is 0 Å². The summed E-state index contributed by atoms with van der Waals surface area (Å²) >= 11 is 2.96.